The number of sulfonamides is 1. The number of rotatable bonds is 4. The molecule has 0 aliphatic carbocycles. The van der Waals surface area contributed by atoms with Crippen molar-refractivity contribution in [3.63, 3.8) is 0 Å². The number of benzene rings is 1. The molecular weight excluding hydrogens is 306 g/mol. The lowest BCUT2D eigenvalue weighted by Crippen LogP contribution is -2.27. The van der Waals surface area contributed by atoms with E-state index >= 15 is 0 Å². The number of hydrogen-bond donors (Lipinski definition) is 1. The fraction of sp³-hybridized carbons (Fsp3) is 0.333. The van der Waals surface area contributed by atoms with Gasteiger partial charge < -0.3 is 5.11 Å². The third kappa shape index (κ3) is 2.97. The molecular formula is C15H19NO3S2. The molecule has 0 bridgehead atoms. The summed E-state index contributed by atoms with van der Waals surface area (Å²) in [5, 5.41) is 11.1. The summed E-state index contributed by atoms with van der Waals surface area (Å²) in [6, 6.07) is 5.68. The lowest BCUT2D eigenvalue weighted by Gasteiger charge is -2.21. The number of thiophene rings is 1. The average Bonchev–Trinajstić information content (AvgIpc) is 2.78. The second-order valence-corrected chi connectivity index (χ2v) is 8.02. The molecule has 2 rings (SSSR count). The van der Waals surface area contributed by atoms with Crippen LogP contribution in [0.2, 0.25) is 0 Å². The highest BCUT2D eigenvalue weighted by atomic mass is 32.2. The Morgan fingerprint density at radius 2 is 1.71 bits per heavy atom. The summed E-state index contributed by atoms with van der Waals surface area (Å²) < 4.78 is 27.0. The van der Waals surface area contributed by atoms with E-state index in [2.05, 4.69) is 0 Å². The number of hydrogen-bond acceptors (Lipinski definition) is 4. The zero-order valence-electron chi connectivity index (χ0n) is 12.5. The molecule has 1 heterocycles. The van der Waals surface area contributed by atoms with Crippen LogP contribution < -0.4 is 4.31 Å². The second kappa shape index (κ2) is 5.79. The van der Waals surface area contributed by atoms with E-state index in [0.717, 1.165) is 11.1 Å². The molecule has 0 fully saturated rings. The van der Waals surface area contributed by atoms with E-state index in [-0.39, 0.29) is 11.5 Å². The lowest BCUT2D eigenvalue weighted by molar-refractivity contribution is 0.282. The molecule has 4 nitrogen and oxygen atoms in total. The Morgan fingerprint density at radius 3 is 2.24 bits per heavy atom. The second-order valence-electron chi connectivity index (χ2n) is 5.15. The molecule has 0 aliphatic rings. The van der Waals surface area contributed by atoms with Gasteiger partial charge in [0.05, 0.1) is 17.2 Å². The molecule has 0 saturated heterocycles. The van der Waals surface area contributed by atoms with Crippen LogP contribution in [-0.4, -0.2) is 20.6 Å². The third-order valence-electron chi connectivity index (χ3n) is 3.32. The quantitative estimate of drug-likeness (QED) is 0.940. The van der Waals surface area contributed by atoms with Gasteiger partial charge in [0, 0.05) is 7.05 Å². The number of anilines is 1. The van der Waals surface area contributed by atoms with Gasteiger partial charge >= 0.3 is 0 Å². The summed E-state index contributed by atoms with van der Waals surface area (Å²) in [5.74, 6) is 0. The van der Waals surface area contributed by atoms with Gasteiger partial charge in [-0.15, -0.1) is 11.3 Å². The third-order valence-corrected chi connectivity index (χ3v) is 6.56. The Bertz CT molecular complexity index is 743. The van der Waals surface area contributed by atoms with Crippen LogP contribution >= 0.6 is 11.3 Å². The monoisotopic (exact) mass is 325 g/mol. The average molecular weight is 325 g/mol. The maximum absolute atomic E-state index is 12.8. The molecule has 114 valence electrons. The molecule has 1 N–H and O–H groups in total. The number of aryl methyl sites for hydroxylation is 3. The molecule has 1 aromatic carbocycles. The van der Waals surface area contributed by atoms with E-state index in [1.165, 1.54) is 15.6 Å². The topological polar surface area (TPSA) is 57.6 Å². The first kappa shape index (κ1) is 16.0. The Hall–Kier alpha value is -1.37. The van der Waals surface area contributed by atoms with E-state index in [1.807, 2.05) is 32.0 Å². The number of aliphatic hydroxyl groups excluding tert-OH is 1. The van der Waals surface area contributed by atoms with Crippen LogP contribution in [0.3, 0.4) is 0 Å². The molecule has 0 amide bonds. The van der Waals surface area contributed by atoms with Gasteiger partial charge in [-0.2, -0.15) is 0 Å². The fourth-order valence-electron chi connectivity index (χ4n) is 2.35. The zero-order chi connectivity index (χ0) is 15.8. The molecule has 0 radical (unpaired) electrons. The van der Waals surface area contributed by atoms with Crippen molar-refractivity contribution in [2.24, 2.45) is 0 Å². The van der Waals surface area contributed by atoms with E-state index in [1.54, 1.807) is 19.4 Å². The Kier molecular flexibility index (Phi) is 4.41. The summed E-state index contributed by atoms with van der Waals surface area (Å²) in [5.41, 5.74) is 3.32. The molecule has 2 aromatic rings. The Morgan fingerprint density at radius 1 is 1.14 bits per heavy atom. The van der Waals surface area contributed by atoms with Crippen LogP contribution in [0.4, 0.5) is 5.69 Å². The van der Waals surface area contributed by atoms with Crippen molar-refractivity contribution in [2.75, 3.05) is 11.4 Å². The van der Waals surface area contributed by atoms with Crippen LogP contribution in [0.1, 0.15) is 21.6 Å². The van der Waals surface area contributed by atoms with Crippen molar-refractivity contribution >= 4 is 27.0 Å². The van der Waals surface area contributed by atoms with Crippen molar-refractivity contribution in [1.29, 1.82) is 0 Å². The zero-order valence-corrected chi connectivity index (χ0v) is 14.2. The predicted molar refractivity (Wildman–Crippen MR) is 86.5 cm³/mol. The van der Waals surface area contributed by atoms with Crippen LogP contribution in [0.5, 0.6) is 0 Å². The van der Waals surface area contributed by atoms with Gasteiger partial charge in [-0.25, -0.2) is 8.42 Å². The minimum Gasteiger partial charge on any atom is -0.391 e. The maximum Gasteiger partial charge on any atom is 0.265 e. The van der Waals surface area contributed by atoms with Crippen LogP contribution in [0, 0.1) is 20.8 Å². The summed E-state index contributed by atoms with van der Waals surface area (Å²) >= 11 is 1.27. The molecule has 0 atom stereocenters. The van der Waals surface area contributed by atoms with Crippen molar-refractivity contribution in [1.82, 2.24) is 0 Å². The minimum atomic E-state index is -3.67. The molecule has 21 heavy (non-hydrogen) atoms. The molecule has 1 aromatic heterocycles. The molecule has 0 saturated carbocycles. The number of nitrogens with zero attached hydrogens (tertiary/aromatic N) is 1. The Labute approximate surface area is 129 Å². The SMILES string of the molecule is Cc1cc(C)cc(N(C)S(=O)(=O)c2c(C)csc2CO)c1. The maximum atomic E-state index is 12.8. The van der Waals surface area contributed by atoms with Gasteiger partial charge in [-0.05, 0) is 55.0 Å². The first-order valence-electron chi connectivity index (χ1n) is 6.52. The first-order valence-corrected chi connectivity index (χ1v) is 8.84. The highest BCUT2D eigenvalue weighted by Crippen LogP contribution is 2.31. The van der Waals surface area contributed by atoms with E-state index in [9.17, 15) is 13.5 Å². The minimum absolute atomic E-state index is 0.219. The smallest absolute Gasteiger partial charge is 0.265 e. The molecule has 0 spiro atoms. The molecule has 0 unspecified atom stereocenters. The van der Waals surface area contributed by atoms with Gasteiger partial charge in [0.25, 0.3) is 10.0 Å². The van der Waals surface area contributed by atoms with E-state index in [0.29, 0.717) is 16.1 Å². The first-order chi connectivity index (χ1) is 9.77. The van der Waals surface area contributed by atoms with Crippen molar-refractivity contribution < 1.29 is 13.5 Å². The van der Waals surface area contributed by atoms with Gasteiger partial charge in [0.2, 0.25) is 0 Å². The van der Waals surface area contributed by atoms with Gasteiger partial charge in [0.1, 0.15) is 4.90 Å². The standard InChI is InChI=1S/C15H19NO3S2/c1-10-5-11(2)7-13(6-10)16(4)21(18,19)15-12(3)9-20-14(15)8-17/h5-7,9,17H,8H2,1-4H3. The van der Waals surface area contributed by atoms with Crippen LogP contribution in [-0.2, 0) is 16.6 Å². The van der Waals surface area contributed by atoms with Crippen molar-refractivity contribution in [2.45, 2.75) is 32.3 Å². The van der Waals surface area contributed by atoms with E-state index < -0.39 is 10.0 Å². The Balaban J connectivity index is 2.55. The van der Waals surface area contributed by atoms with Crippen molar-refractivity contribution in [3.8, 4) is 0 Å². The largest absolute Gasteiger partial charge is 0.391 e. The summed E-state index contributed by atoms with van der Waals surface area (Å²) in [6.07, 6.45) is 0. The van der Waals surface area contributed by atoms with Gasteiger partial charge in [0.15, 0.2) is 0 Å². The van der Waals surface area contributed by atoms with Gasteiger partial charge in [-0.3, -0.25) is 4.31 Å². The summed E-state index contributed by atoms with van der Waals surface area (Å²) in [4.78, 5) is 0.695. The van der Waals surface area contributed by atoms with Gasteiger partial charge in [-0.1, -0.05) is 6.07 Å². The lowest BCUT2D eigenvalue weighted by atomic mass is 10.1. The highest BCUT2D eigenvalue weighted by Gasteiger charge is 2.27. The highest BCUT2D eigenvalue weighted by molar-refractivity contribution is 7.93. The summed E-state index contributed by atoms with van der Waals surface area (Å²) in [7, 11) is -2.13. The molecule has 6 heteroatoms. The van der Waals surface area contributed by atoms with Crippen LogP contribution in [0.25, 0.3) is 0 Å². The number of aliphatic hydroxyl groups is 1. The van der Waals surface area contributed by atoms with Crippen molar-refractivity contribution in [3.05, 3.63) is 45.1 Å². The predicted octanol–water partition coefficient (Wildman–Crippen LogP) is 2.99. The van der Waals surface area contributed by atoms with E-state index in [4.69, 9.17) is 0 Å². The summed E-state index contributed by atoms with van der Waals surface area (Å²) in [6.45, 7) is 5.35. The molecule has 0 aliphatic heterocycles. The van der Waals surface area contributed by atoms with Crippen LogP contribution in [0.15, 0.2) is 28.5 Å². The normalized spacial score (nSPS) is 11.7. The fourth-order valence-corrected chi connectivity index (χ4v) is 5.14.